The van der Waals surface area contributed by atoms with E-state index in [-0.39, 0.29) is 17.1 Å². The molecule has 26 heavy (non-hydrogen) atoms. The van der Waals surface area contributed by atoms with Gasteiger partial charge in [-0.05, 0) is 41.8 Å². The molecule has 0 saturated heterocycles. The van der Waals surface area contributed by atoms with Crippen molar-refractivity contribution in [1.82, 2.24) is 4.57 Å². The molecule has 1 aromatic heterocycles. The van der Waals surface area contributed by atoms with Gasteiger partial charge < -0.3 is 9.67 Å². The van der Waals surface area contributed by atoms with E-state index in [0.29, 0.717) is 29.4 Å². The topological polar surface area (TPSA) is 79.6 Å². The molecule has 0 unspecified atom stereocenters. The van der Waals surface area contributed by atoms with Crippen LogP contribution in [0.25, 0.3) is 10.8 Å². The summed E-state index contributed by atoms with van der Waals surface area (Å²) < 4.78 is 29.5. The van der Waals surface area contributed by atoms with Crippen molar-refractivity contribution in [1.29, 1.82) is 0 Å². The lowest BCUT2D eigenvalue weighted by Gasteiger charge is -2.21. The molecule has 1 aliphatic heterocycles. The molecule has 1 N–H and O–H groups in total. The standard InChI is InChI=1S/C19H18N2O4S/c1-20-10-8-15-16(19(20)23)5-3-7-18(15)26(24,25)21-11-9-14-13(12-22)4-2-6-17(14)21/h2-8,10,22H,9,11-12H2,1H3. The van der Waals surface area contributed by atoms with E-state index in [2.05, 4.69) is 0 Å². The lowest BCUT2D eigenvalue weighted by Crippen LogP contribution is -2.29. The van der Waals surface area contributed by atoms with Gasteiger partial charge in [-0.1, -0.05) is 18.2 Å². The first kappa shape index (κ1) is 16.8. The molecule has 2 aromatic carbocycles. The predicted molar refractivity (Wildman–Crippen MR) is 99.8 cm³/mol. The zero-order valence-corrected chi connectivity index (χ0v) is 15.0. The molecule has 0 aliphatic carbocycles. The van der Waals surface area contributed by atoms with Crippen molar-refractivity contribution in [3.8, 4) is 0 Å². The highest BCUT2D eigenvalue weighted by atomic mass is 32.2. The Bertz CT molecular complexity index is 1180. The van der Waals surface area contributed by atoms with Crippen molar-refractivity contribution >= 4 is 26.5 Å². The van der Waals surface area contributed by atoms with Crippen molar-refractivity contribution in [2.75, 3.05) is 10.8 Å². The summed E-state index contributed by atoms with van der Waals surface area (Å²) >= 11 is 0. The Hall–Kier alpha value is -2.64. The lowest BCUT2D eigenvalue weighted by molar-refractivity contribution is 0.281. The third-order valence-electron chi connectivity index (χ3n) is 4.90. The molecule has 3 aromatic rings. The number of nitrogens with zero attached hydrogens (tertiary/aromatic N) is 2. The van der Waals surface area contributed by atoms with Crippen LogP contribution in [0.4, 0.5) is 5.69 Å². The summed E-state index contributed by atoms with van der Waals surface area (Å²) in [5.41, 5.74) is 1.96. The quantitative estimate of drug-likeness (QED) is 0.762. The van der Waals surface area contributed by atoms with Crippen LogP contribution >= 0.6 is 0 Å². The van der Waals surface area contributed by atoms with E-state index in [1.54, 1.807) is 49.6 Å². The Morgan fingerprint density at radius 1 is 1.08 bits per heavy atom. The minimum atomic E-state index is -3.83. The molecule has 0 amide bonds. The normalized spacial score (nSPS) is 14.0. The van der Waals surface area contributed by atoms with Gasteiger partial charge in [-0.3, -0.25) is 9.10 Å². The first-order valence-corrected chi connectivity index (χ1v) is 9.72. The highest BCUT2D eigenvalue weighted by Gasteiger charge is 2.33. The molecule has 1 aliphatic rings. The number of pyridine rings is 1. The lowest BCUT2D eigenvalue weighted by atomic mass is 10.1. The van der Waals surface area contributed by atoms with Crippen LogP contribution in [0.2, 0.25) is 0 Å². The van der Waals surface area contributed by atoms with Crippen molar-refractivity contribution in [3.05, 3.63) is 70.1 Å². The third-order valence-corrected chi connectivity index (χ3v) is 6.77. The van der Waals surface area contributed by atoms with Gasteiger partial charge in [-0.15, -0.1) is 0 Å². The molecule has 0 atom stereocenters. The molecular weight excluding hydrogens is 352 g/mol. The number of aliphatic hydroxyl groups excluding tert-OH is 1. The van der Waals surface area contributed by atoms with Crippen LogP contribution in [0.3, 0.4) is 0 Å². The molecule has 0 spiro atoms. The number of sulfonamides is 1. The van der Waals surface area contributed by atoms with Gasteiger partial charge in [-0.25, -0.2) is 8.42 Å². The largest absolute Gasteiger partial charge is 0.392 e. The number of aryl methyl sites for hydroxylation is 1. The molecule has 0 fully saturated rings. The Labute approximate surface area is 151 Å². The smallest absolute Gasteiger partial charge is 0.264 e. The average Bonchev–Trinajstić information content (AvgIpc) is 3.09. The predicted octanol–water partition coefficient (Wildman–Crippen LogP) is 1.78. The van der Waals surface area contributed by atoms with Crippen LogP contribution < -0.4 is 9.86 Å². The summed E-state index contributed by atoms with van der Waals surface area (Å²) in [5.74, 6) is 0. The van der Waals surface area contributed by atoms with E-state index in [1.165, 1.54) is 14.9 Å². The fourth-order valence-electron chi connectivity index (χ4n) is 3.57. The number of aromatic nitrogens is 1. The van der Waals surface area contributed by atoms with Crippen LogP contribution in [0.15, 0.2) is 58.4 Å². The molecule has 7 heteroatoms. The second-order valence-electron chi connectivity index (χ2n) is 6.35. The maximum Gasteiger partial charge on any atom is 0.264 e. The zero-order valence-electron chi connectivity index (χ0n) is 14.2. The summed E-state index contributed by atoms with van der Waals surface area (Å²) in [6.07, 6.45) is 2.13. The number of aliphatic hydroxyl groups is 1. The van der Waals surface area contributed by atoms with Gasteiger partial charge >= 0.3 is 0 Å². The maximum absolute atomic E-state index is 13.4. The summed E-state index contributed by atoms with van der Waals surface area (Å²) in [6.45, 7) is 0.192. The van der Waals surface area contributed by atoms with E-state index in [0.717, 1.165) is 11.1 Å². The van der Waals surface area contributed by atoms with E-state index >= 15 is 0 Å². The van der Waals surface area contributed by atoms with Crippen LogP contribution in [0, 0.1) is 0 Å². The van der Waals surface area contributed by atoms with Crippen molar-refractivity contribution in [3.63, 3.8) is 0 Å². The Kier molecular flexibility index (Phi) is 3.86. The minimum absolute atomic E-state index is 0.120. The summed E-state index contributed by atoms with van der Waals surface area (Å²) in [5, 5.41) is 10.3. The minimum Gasteiger partial charge on any atom is -0.392 e. The van der Waals surface area contributed by atoms with Crippen molar-refractivity contribution in [2.24, 2.45) is 7.05 Å². The van der Waals surface area contributed by atoms with Gasteiger partial charge in [0, 0.05) is 30.6 Å². The van der Waals surface area contributed by atoms with Gasteiger partial charge in [0.2, 0.25) is 0 Å². The summed E-state index contributed by atoms with van der Waals surface area (Å²) in [7, 11) is -2.19. The Balaban J connectivity index is 1.92. The first-order chi connectivity index (χ1) is 12.4. The molecule has 4 rings (SSSR count). The second kappa shape index (κ2) is 5.96. The van der Waals surface area contributed by atoms with E-state index in [4.69, 9.17) is 0 Å². The fraction of sp³-hybridized carbons (Fsp3) is 0.211. The number of rotatable bonds is 3. The third kappa shape index (κ3) is 2.35. The highest BCUT2D eigenvalue weighted by Crippen LogP contribution is 2.36. The maximum atomic E-state index is 13.4. The zero-order chi connectivity index (χ0) is 18.5. The number of fused-ring (bicyclic) bond motifs is 2. The number of hydrogen-bond acceptors (Lipinski definition) is 4. The molecule has 6 nitrogen and oxygen atoms in total. The van der Waals surface area contributed by atoms with Gasteiger partial charge in [-0.2, -0.15) is 0 Å². The summed E-state index contributed by atoms with van der Waals surface area (Å²) in [4.78, 5) is 12.5. The average molecular weight is 370 g/mol. The van der Waals surface area contributed by atoms with Crippen molar-refractivity contribution < 1.29 is 13.5 Å². The summed E-state index contributed by atoms with van der Waals surface area (Å²) in [6, 6.07) is 11.7. The van der Waals surface area contributed by atoms with Gasteiger partial charge in [0.1, 0.15) is 0 Å². The Morgan fingerprint density at radius 2 is 1.85 bits per heavy atom. The molecule has 0 saturated carbocycles. The van der Waals surface area contributed by atoms with E-state index < -0.39 is 10.0 Å². The van der Waals surface area contributed by atoms with Gasteiger partial charge in [0.15, 0.2) is 0 Å². The van der Waals surface area contributed by atoms with Gasteiger partial charge in [0.05, 0.1) is 17.2 Å². The molecule has 0 bridgehead atoms. The van der Waals surface area contributed by atoms with E-state index in [9.17, 15) is 18.3 Å². The monoisotopic (exact) mass is 370 g/mol. The number of benzene rings is 2. The fourth-order valence-corrected chi connectivity index (χ4v) is 5.27. The SMILES string of the molecule is Cn1ccc2c(S(=O)(=O)N3CCc4c(CO)cccc43)cccc2c1=O. The van der Waals surface area contributed by atoms with Crippen LogP contribution in [0.1, 0.15) is 11.1 Å². The highest BCUT2D eigenvalue weighted by molar-refractivity contribution is 7.93. The van der Waals surface area contributed by atoms with Crippen LogP contribution in [-0.2, 0) is 30.1 Å². The molecule has 134 valence electrons. The number of anilines is 1. The Morgan fingerprint density at radius 3 is 2.62 bits per heavy atom. The van der Waals surface area contributed by atoms with E-state index in [1.807, 2.05) is 0 Å². The van der Waals surface area contributed by atoms with Crippen LogP contribution in [0.5, 0.6) is 0 Å². The van der Waals surface area contributed by atoms with Crippen LogP contribution in [-0.4, -0.2) is 24.6 Å². The first-order valence-electron chi connectivity index (χ1n) is 8.28. The van der Waals surface area contributed by atoms with Crippen molar-refractivity contribution in [2.45, 2.75) is 17.9 Å². The molecular formula is C19H18N2O4S. The van der Waals surface area contributed by atoms with Gasteiger partial charge in [0.25, 0.3) is 15.6 Å². The second-order valence-corrected chi connectivity index (χ2v) is 8.18. The molecule has 0 radical (unpaired) electrons. The number of hydrogen-bond donors (Lipinski definition) is 1. The molecule has 2 heterocycles.